The van der Waals surface area contributed by atoms with Gasteiger partial charge in [-0.25, -0.2) is 0 Å². The van der Waals surface area contributed by atoms with Crippen molar-refractivity contribution in [2.24, 2.45) is 0 Å². The lowest BCUT2D eigenvalue weighted by Gasteiger charge is -2.30. The van der Waals surface area contributed by atoms with Gasteiger partial charge in [0.05, 0.1) is 16.1 Å². The van der Waals surface area contributed by atoms with Crippen LogP contribution in [-0.4, -0.2) is 0 Å². The second-order valence-electron chi connectivity index (χ2n) is 14.5. The SMILES string of the molecule is CC1(C)c2ccccc2-c2cc(N(c3cccc4c3-c3ccccc3C4(C)C)c3cc4ccccc4c4c3sc3ccccc34)ccc21. The Morgan fingerprint density at radius 1 is 0.479 bits per heavy atom. The molecule has 0 bridgehead atoms. The highest BCUT2D eigenvalue weighted by atomic mass is 32.1. The van der Waals surface area contributed by atoms with E-state index >= 15 is 0 Å². The second kappa shape index (κ2) is 9.69. The molecular formula is C46H35NS. The summed E-state index contributed by atoms with van der Waals surface area (Å²) in [4.78, 5) is 2.58. The van der Waals surface area contributed by atoms with E-state index in [0.717, 1.165) is 0 Å². The minimum absolute atomic E-state index is 0.0477. The summed E-state index contributed by atoms with van der Waals surface area (Å²) in [5, 5.41) is 5.23. The first-order valence-corrected chi connectivity index (χ1v) is 17.8. The maximum atomic E-state index is 2.58. The van der Waals surface area contributed by atoms with E-state index in [4.69, 9.17) is 0 Å². The zero-order chi connectivity index (χ0) is 32.4. The van der Waals surface area contributed by atoms with Gasteiger partial charge in [-0.3, -0.25) is 0 Å². The van der Waals surface area contributed by atoms with Crippen molar-refractivity contribution in [3.63, 3.8) is 0 Å². The number of benzene rings is 7. The molecule has 0 saturated heterocycles. The number of thiophene rings is 1. The number of fused-ring (bicyclic) bond motifs is 11. The summed E-state index contributed by atoms with van der Waals surface area (Å²) in [6, 6.07) is 52.4. The Labute approximate surface area is 285 Å². The van der Waals surface area contributed by atoms with Crippen LogP contribution >= 0.6 is 11.3 Å². The standard InChI is InChI=1S/C46H35NS/c1-45(2)35-19-10-7-16-31(35)34-27-29(24-25-37(34)45)47(39-22-13-21-38-43(39)32-17-8-11-20-36(32)46(38,3)4)40-26-28-14-5-6-15-30(28)42-33-18-9-12-23-41(33)48-44(40)42/h5-27H,1-4H3. The number of hydrogen-bond acceptors (Lipinski definition) is 2. The summed E-state index contributed by atoms with van der Waals surface area (Å²) in [6.45, 7) is 9.48. The molecular weight excluding hydrogens is 599 g/mol. The van der Waals surface area contributed by atoms with Crippen molar-refractivity contribution in [2.45, 2.75) is 38.5 Å². The summed E-state index contributed by atoms with van der Waals surface area (Å²) in [6.07, 6.45) is 0. The normalized spacial score (nSPS) is 15.0. The van der Waals surface area contributed by atoms with E-state index in [2.05, 4.69) is 172 Å². The van der Waals surface area contributed by atoms with Crippen LogP contribution in [0.3, 0.4) is 0 Å². The largest absolute Gasteiger partial charge is 0.308 e. The molecule has 8 aromatic rings. The van der Waals surface area contributed by atoms with Crippen molar-refractivity contribution in [3.05, 3.63) is 162 Å². The smallest absolute Gasteiger partial charge is 0.0647 e. The van der Waals surface area contributed by atoms with Crippen LogP contribution < -0.4 is 4.90 Å². The molecule has 1 heterocycles. The zero-order valence-electron chi connectivity index (χ0n) is 27.6. The molecule has 0 amide bonds. The fourth-order valence-electron chi connectivity index (χ4n) is 8.90. The predicted molar refractivity (Wildman–Crippen MR) is 207 cm³/mol. The lowest BCUT2D eigenvalue weighted by molar-refractivity contribution is 0.660. The van der Waals surface area contributed by atoms with Gasteiger partial charge in [0.1, 0.15) is 0 Å². The first kappa shape index (κ1) is 27.9. The van der Waals surface area contributed by atoms with E-state index in [0.29, 0.717) is 0 Å². The van der Waals surface area contributed by atoms with Crippen LogP contribution in [0, 0.1) is 0 Å². The van der Waals surface area contributed by atoms with E-state index in [9.17, 15) is 0 Å². The molecule has 0 unspecified atom stereocenters. The van der Waals surface area contributed by atoms with Crippen molar-refractivity contribution in [1.29, 1.82) is 0 Å². The predicted octanol–water partition coefficient (Wildman–Crippen LogP) is 13.3. The van der Waals surface area contributed by atoms with Gasteiger partial charge in [-0.05, 0) is 80.0 Å². The third-order valence-corrected chi connectivity index (χ3v) is 12.4. The van der Waals surface area contributed by atoms with Crippen molar-refractivity contribution >= 4 is 59.3 Å². The van der Waals surface area contributed by atoms with Crippen LogP contribution in [0.1, 0.15) is 49.9 Å². The topological polar surface area (TPSA) is 3.24 Å². The van der Waals surface area contributed by atoms with E-state index in [1.165, 1.54) is 92.5 Å². The van der Waals surface area contributed by atoms with Crippen LogP contribution in [0.5, 0.6) is 0 Å². The van der Waals surface area contributed by atoms with Crippen molar-refractivity contribution in [1.82, 2.24) is 0 Å². The third-order valence-electron chi connectivity index (χ3n) is 11.2. The highest BCUT2D eigenvalue weighted by Crippen LogP contribution is 2.57. The van der Waals surface area contributed by atoms with E-state index < -0.39 is 0 Å². The van der Waals surface area contributed by atoms with Gasteiger partial charge in [-0.2, -0.15) is 0 Å². The number of nitrogens with zero attached hydrogens (tertiary/aromatic N) is 1. The molecule has 2 heteroatoms. The molecule has 0 saturated carbocycles. The highest BCUT2D eigenvalue weighted by Gasteiger charge is 2.39. The van der Waals surface area contributed by atoms with Gasteiger partial charge in [-0.1, -0.05) is 137 Å². The molecule has 1 nitrogen and oxygen atoms in total. The van der Waals surface area contributed by atoms with E-state index in [-0.39, 0.29) is 10.8 Å². The van der Waals surface area contributed by atoms with E-state index in [1.54, 1.807) is 0 Å². The summed E-state index contributed by atoms with van der Waals surface area (Å²) < 4.78 is 2.64. The molecule has 0 aliphatic heterocycles. The Morgan fingerprint density at radius 2 is 1.10 bits per heavy atom. The van der Waals surface area contributed by atoms with Crippen LogP contribution in [0.2, 0.25) is 0 Å². The zero-order valence-corrected chi connectivity index (χ0v) is 28.5. The van der Waals surface area contributed by atoms with Crippen LogP contribution in [0.15, 0.2) is 140 Å². The average Bonchev–Trinajstić information content (AvgIpc) is 3.70. The van der Waals surface area contributed by atoms with Gasteiger partial charge in [0.15, 0.2) is 0 Å². The Kier molecular flexibility index (Phi) is 5.63. The van der Waals surface area contributed by atoms with Gasteiger partial charge < -0.3 is 4.90 Å². The molecule has 2 aliphatic carbocycles. The minimum Gasteiger partial charge on any atom is -0.308 e. The fourth-order valence-corrected chi connectivity index (χ4v) is 10.1. The Morgan fingerprint density at radius 3 is 1.94 bits per heavy atom. The molecule has 0 fully saturated rings. The summed E-state index contributed by atoms with van der Waals surface area (Å²) >= 11 is 1.91. The van der Waals surface area contributed by atoms with E-state index in [1.807, 2.05) is 11.3 Å². The molecule has 0 radical (unpaired) electrons. The van der Waals surface area contributed by atoms with Crippen LogP contribution in [0.25, 0.3) is 53.2 Å². The average molecular weight is 634 g/mol. The summed E-state index contributed by atoms with van der Waals surface area (Å²) in [5.74, 6) is 0. The first-order chi connectivity index (χ1) is 23.3. The second-order valence-corrected chi connectivity index (χ2v) is 15.6. The molecule has 0 N–H and O–H groups in total. The lowest BCUT2D eigenvalue weighted by Crippen LogP contribution is -2.16. The van der Waals surface area contributed by atoms with Crippen molar-refractivity contribution in [2.75, 3.05) is 4.90 Å². The fraction of sp³-hybridized carbons (Fsp3) is 0.130. The van der Waals surface area contributed by atoms with Gasteiger partial charge in [0, 0.05) is 37.6 Å². The molecule has 7 aromatic carbocycles. The molecule has 1 aromatic heterocycles. The van der Waals surface area contributed by atoms with Crippen molar-refractivity contribution < 1.29 is 0 Å². The molecule has 48 heavy (non-hydrogen) atoms. The number of rotatable bonds is 3. The molecule has 0 atom stereocenters. The Balaban J connectivity index is 1.34. The summed E-state index contributed by atoms with van der Waals surface area (Å²) in [7, 11) is 0. The minimum atomic E-state index is -0.0924. The Bertz CT molecular complexity index is 2630. The van der Waals surface area contributed by atoms with Gasteiger partial charge in [-0.15, -0.1) is 11.3 Å². The van der Waals surface area contributed by atoms with Gasteiger partial charge in [0.2, 0.25) is 0 Å². The molecule has 0 spiro atoms. The number of anilines is 3. The van der Waals surface area contributed by atoms with Crippen LogP contribution in [0.4, 0.5) is 17.1 Å². The third kappa shape index (κ3) is 3.61. The maximum absolute atomic E-state index is 2.58. The van der Waals surface area contributed by atoms with Crippen molar-refractivity contribution in [3.8, 4) is 22.3 Å². The summed E-state index contributed by atoms with van der Waals surface area (Å²) in [5.41, 5.74) is 14.4. The first-order valence-electron chi connectivity index (χ1n) is 16.9. The highest BCUT2D eigenvalue weighted by molar-refractivity contribution is 7.26. The maximum Gasteiger partial charge on any atom is 0.0647 e. The van der Waals surface area contributed by atoms with Gasteiger partial charge in [0.25, 0.3) is 0 Å². The van der Waals surface area contributed by atoms with Gasteiger partial charge >= 0.3 is 0 Å². The van der Waals surface area contributed by atoms with Crippen LogP contribution in [-0.2, 0) is 10.8 Å². The monoisotopic (exact) mass is 633 g/mol. The Hall–Kier alpha value is -5.18. The number of hydrogen-bond donors (Lipinski definition) is 0. The lowest BCUT2D eigenvalue weighted by atomic mass is 9.82. The molecule has 230 valence electrons. The quantitative estimate of drug-likeness (QED) is 0.187. The molecule has 2 aliphatic rings. The molecule has 10 rings (SSSR count).